The van der Waals surface area contributed by atoms with Gasteiger partial charge < -0.3 is 20.6 Å². The first-order valence-corrected chi connectivity index (χ1v) is 6.60. The number of nitrogens with zero attached hydrogens (tertiary/aromatic N) is 1. The average Bonchev–Trinajstić information content (AvgIpc) is 2.74. The maximum atomic E-state index is 11.9. The minimum Gasteiger partial charge on any atom is -0.481 e. The highest BCUT2D eigenvalue weighted by Gasteiger charge is 2.20. The third-order valence-corrected chi connectivity index (χ3v) is 3.27. The molecule has 1 heterocycles. The maximum absolute atomic E-state index is 11.9. The fourth-order valence-electron chi connectivity index (χ4n) is 2.34. The van der Waals surface area contributed by atoms with E-state index in [1.165, 1.54) is 0 Å². The van der Waals surface area contributed by atoms with Crippen molar-refractivity contribution < 1.29 is 14.7 Å². The molecule has 1 aromatic carbocycles. The van der Waals surface area contributed by atoms with Gasteiger partial charge in [-0.3, -0.25) is 4.79 Å². The van der Waals surface area contributed by atoms with E-state index in [0.717, 1.165) is 19.5 Å². The molecule has 1 fully saturated rings. The third-order valence-electron chi connectivity index (χ3n) is 3.27. The van der Waals surface area contributed by atoms with Gasteiger partial charge in [0.05, 0.1) is 6.42 Å². The number of hydrogen-bond donors (Lipinski definition) is 3. The number of carbonyl (C=O) groups is 2. The number of carbonyl (C=O) groups excluding carboxylic acids is 1. The molecule has 0 aromatic heterocycles. The highest BCUT2D eigenvalue weighted by atomic mass is 16.4. The van der Waals surface area contributed by atoms with E-state index in [4.69, 9.17) is 5.11 Å². The van der Waals surface area contributed by atoms with Gasteiger partial charge in [-0.05, 0) is 37.7 Å². The summed E-state index contributed by atoms with van der Waals surface area (Å²) in [6, 6.07) is 6.79. The fraction of sp³-hybridized carbons (Fsp3) is 0.429. The van der Waals surface area contributed by atoms with Crippen molar-refractivity contribution in [2.24, 2.45) is 0 Å². The molecule has 1 aromatic rings. The van der Waals surface area contributed by atoms with E-state index in [-0.39, 0.29) is 18.5 Å². The minimum absolute atomic E-state index is 0.0510. The zero-order chi connectivity index (χ0) is 14.5. The summed E-state index contributed by atoms with van der Waals surface area (Å²) in [5, 5.41) is 14.4. The molecule has 1 aliphatic heterocycles. The highest BCUT2D eigenvalue weighted by molar-refractivity contribution is 5.89. The predicted octanol–water partition coefficient (Wildman–Crippen LogP) is 1.14. The molecule has 1 aliphatic rings. The maximum Gasteiger partial charge on any atom is 0.319 e. The molecular formula is C14H19N3O3. The summed E-state index contributed by atoms with van der Waals surface area (Å²) in [5.41, 5.74) is 1.27. The Morgan fingerprint density at radius 1 is 1.45 bits per heavy atom. The second kappa shape index (κ2) is 6.38. The largest absolute Gasteiger partial charge is 0.481 e. The van der Waals surface area contributed by atoms with Crippen molar-refractivity contribution in [1.29, 1.82) is 0 Å². The molecule has 6 nitrogen and oxygen atoms in total. The number of carboxylic acids is 1. The second-order valence-corrected chi connectivity index (χ2v) is 5.12. The third kappa shape index (κ3) is 4.24. The van der Waals surface area contributed by atoms with Crippen LogP contribution in [0.1, 0.15) is 12.0 Å². The molecule has 0 aliphatic carbocycles. The standard InChI is InChI=1S/C14H19N3O3/c1-17-6-5-12(9-17)16-14(20)15-11-4-2-3-10(7-11)8-13(18)19/h2-4,7,12H,5-6,8-9H2,1H3,(H,18,19)(H2,15,16,20). The summed E-state index contributed by atoms with van der Waals surface area (Å²) < 4.78 is 0. The van der Waals surface area contributed by atoms with Crippen LogP contribution < -0.4 is 10.6 Å². The van der Waals surface area contributed by atoms with Crippen LogP contribution in [0.4, 0.5) is 10.5 Å². The lowest BCUT2D eigenvalue weighted by Gasteiger charge is -2.14. The van der Waals surface area contributed by atoms with Gasteiger partial charge >= 0.3 is 12.0 Å². The van der Waals surface area contributed by atoms with Gasteiger partial charge in [0, 0.05) is 18.3 Å². The Labute approximate surface area is 117 Å². The summed E-state index contributed by atoms with van der Waals surface area (Å²) in [5.74, 6) is -0.888. The number of likely N-dealkylation sites (N-methyl/N-ethyl adjacent to an activating group) is 1. The van der Waals surface area contributed by atoms with Crippen LogP contribution in [0.5, 0.6) is 0 Å². The van der Waals surface area contributed by atoms with Crippen LogP contribution >= 0.6 is 0 Å². The monoisotopic (exact) mass is 277 g/mol. The Morgan fingerprint density at radius 3 is 2.90 bits per heavy atom. The van der Waals surface area contributed by atoms with Crippen molar-refractivity contribution in [1.82, 2.24) is 10.2 Å². The molecule has 0 radical (unpaired) electrons. The Bertz CT molecular complexity index is 504. The normalized spacial score (nSPS) is 18.8. The van der Waals surface area contributed by atoms with Crippen molar-refractivity contribution in [3.8, 4) is 0 Å². The molecule has 1 saturated heterocycles. The number of amides is 2. The van der Waals surface area contributed by atoms with E-state index in [1.54, 1.807) is 24.3 Å². The van der Waals surface area contributed by atoms with Crippen LogP contribution in [-0.4, -0.2) is 48.2 Å². The number of hydrogen-bond acceptors (Lipinski definition) is 3. The fourth-order valence-corrected chi connectivity index (χ4v) is 2.34. The van der Waals surface area contributed by atoms with E-state index >= 15 is 0 Å². The predicted molar refractivity (Wildman–Crippen MR) is 75.8 cm³/mol. The summed E-state index contributed by atoms with van der Waals surface area (Å²) in [6.07, 6.45) is 0.896. The van der Waals surface area contributed by atoms with Crippen molar-refractivity contribution >= 4 is 17.7 Å². The van der Waals surface area contributed by atoms with Crippen LogP contribution in [0, 0.1) is 0 Å². The molecule has 0 saturated carbocycles. The first-order valence-electron chi connectivity index (χ1n) is 6.60. The molecular weight excluding hydrogens is 258 g/mol. The smallest absolute Gasteiger partial charge is 0.319 e. The lowest BCUT2D eigenvalue weighted by atomic mass is 10.1. The molecule has 0 bridgehead atoms. The molecule has 108 valence electrons. The number of anilines is 1. The summed E-state index contributed by atoms with van der Waals surface area (Å²) >= 11 is 0. The minimum atomic E-state index is -0.888. The number of nitrogens with one attached hydrogen (secondary N) is 2. The van der Waals surface area contributed by atoms with Gasteiger partial charge in [-0.1, -0.05) is 12.1 Å². The molecule has 20 heavy (non-hydrogen) atoms. The lowest BCUT2D eigenvalue weighted by Crippen LogP contribution is -2.39. The van der Waals surface area contributed by atoms with Gasteiger partial charge in [-0.15, -0.1) is 0 Å². The Balaban J connectivity index is 1.89. The van der Waals surface area contributed by atoms with Crippen molar-refractivity contribution in [3.05, 3.63) is 29.8 Å². The van der Waals surface area contributed by atoms with Gasteiger partial charge in [0.25, 0.3) is 0 Å². The number of likely N-dealkylation sites (tertiary alicyclic amines) is 1. The Morgan fingerprint density at radius 2 is 2.25 bits per heavy atom. The first-order chi connectivity index (χ1) is 9.52. The summed E-state index contributed by atoms with van der Waals surface area (Å²) in [4.78, 5) is 24.7. The van der Waals surface area contributed by atoms with E-state index in [2.05, 4.69) is 15.5 Å². The first kappa shape index (κ1) is 14.3. The van der Waals surface area contributed by atoms with Crippen LogP contribution in [0.15, 0.2) is 24.3 Å². The average molecular weight is 277 g/mol. The second-order valence-electron chi connectivity index (χ2n) is 5.12. The lowest BCUT2D eigenvalue weighted by molar-refractivity contribution is -0.136. The molecule has 2 rings (SSSR count). The topological polar surface area (TPSA) is 81.7 Å². The van der Waals surface area contributed by atoms with Gasteiger partial charge in [-0.25, -0.2) is 4.79 Å². The number of rotatable bonds is 4. The Hall–Kier alpha value is -2.08. The van der Waals surface area contributed by atoms with Gasteiger partial charge in [0.2, 0.25) is 0 Å². The molecule has 0 spiro atoms. The van der Waals surface area contributed by atoms with Crippen LogP contribution in [0.2, 0.25) is 0 Å². The molecule has 3 N–H and O–H groups in total. The SMILES string of the molecule is CN1CCC(NC(=O)Nc2cccc(CC(=O)O)c2)C1. The number of benzene rings is 1. The van der Waals surface area contributed by atoms with E-state index in [9.17, 15) is 9.59 Å². The van der Waals surface area contributed by atoms with Crippen molar-refractivity contribution in [2.75, 3.05) is 25.5 Å². The molecule has 1 atom stereocenters. The van der Waals surface area contributed by atoms with E-state index in [0.29, 0.717) is 11.3 Å². The zero-order valence-electron chi connectivity index (χ0n) is 11.4. The molecule has 1 unspecified atom stereocenters. The van der Waals surface area contributed by atoms with Gasteiger partial charge in [0.15, 0.2) is 0 Å². The van der Waals surface area contributed by atoms with E-state index in [1.807, 2.05) is 7.05 Å². The van der Waals surface area contributed by atoms with Crippen LogP contribution in [-0.2, 0) is 11.2 Å². The van der Waals surface area contributed by atoms with Crippen molar-refractivity contribution in [2.45, 2.75) is 18.9 Å². The van der Waals surface area contributed by atoms with Crippen molar-refractivity contribution in [3.63, 3.8) is 0 Å². The van der Waals surface area contributed by atoms with Gasteiger partial charge in [-0.2, -0.15) is 0 Å². The molecule has 6 heteroatoms. The van der Waals surface area contributed by atoms with Crippen LogP contribution in [0.3, 0.4) is 0 Å². The number of aliphatic carboxylic acids is 1. The Kier molecular flexibility index (Phi) is 4.57. The summed E-state index contributed by atoms with van der Waals surface area (Å²) in [7, 11) is 2.02. The zero-order valence-corrected chi connectivity index (χ0v) is 11.4. The number of urea groups is 1. The number of carboxylic acid groups (broad SMARTS) is 1. The quantitative estimate of drug-likeness (QED) is 0.771. The highest BCUT2D eigenvalue weighted by Crippen LogP contribution is 2.12. The van der Waals surface area contributed by atoms with E-state index < -0.39 is 5.97 Å². The summed E-state index contributed by atoms with van der Waals surface area (Å²) in [6.45, 7) is 1.84. The molecule has 2 amide bonds. The van der Waals surface area contributed by atoms with Crippen LogP contribution in [0.25, 0.3) is 0 Å². The van der Waals surface area contributed by atoms with Gasteiger partial charge in [0.1, 0.15) is 0 Å².